The lowest BCUT2D eigenvalue weighted by Crippen LogP contribution is -2.30. The fourth-order valence-electron chi connectivity index (χ4n) is 2.19. The summed E-state index contributed by atoms with van der Waals surface area (Å²) in [6.45, 7) is 10.1. The molecule has 124 valence electrons. The van der Waals surface area contributed by atoms with E-state index in [1.165, 1.54) is 0 Å². The van der Waals surface area contributed by atoms with Crippen LogP contribution < -0.4 is 5.32 Å². The summed E-state index contributed by atoms with van der Waals surface area (Å²) in [5, 5.41) is 11.7. The monoisotopic (exact) mass is 301 g/mol. The molecule has 0 saturated heterocycles. The number of hydrogen-bond donors (Lipinski definition) is 2. The summed E-state index contributed by atoms with van der Waals surface area (Å²) in [5.74, 6) is -0.483. The highest BCUT2D eigenvalue weighted by molar-refractivity contribution is 5.75. The Morgan fingerprint density at radius 3 is 2.33 bits per heavy atom. The highest BCUT2D eigenvalue weighted by atomic mass is 16.5. The van der Waals surface area contributed by atoms with E-state index in [4.69, 9.17) is 9.84 Å². The number of rotatable bonds is 11. The molecule has 0 saturated carbocycles. The molecule has 1 atom stereocenters. The summed E-state index contributed by atoms with van der Waals surface area (Å²) in [4.78, 5) is 22.3. The largest absolute Gasteiger partial charge is 0.481 e. The molecule has 0 spiro atoms. The van der Waals surface area contributed by atoms with Crippen molar-refractivity contribution in [2.45, 2.75) is 59.8 Å². The van der Waals surface area contributed by atoms with Crippen LogP contribution >= 0.6 is 0 Å². The van der Waals surface area contributed by atoms with Gasteiger partial charge in [-0.1, -0.05) is 27.7 Å². The van der Waals surface area contributed by atoms with Crippen LogP contribution in [0.3, 0.4) is 0 Å². The lowest BCUT2D eigenvalue weighted by molar-refractivity contribution is -0.137. The Morgan fingerprint density at radius 1 is 1.14 bits per heavy atom. The van der Waals surface area contributed by atoms with Gasteiger partial charge in [0.2, 0.25) is 5.91 Å². The van der Waals surface area contributed by atoms with Crippen molar-refractivity contribution in [3.8, 4) is 0 Å². The maximum Gasteiger partial charge on any atom is 0.303 e. The number of hydrogen-bond acceptors (Lipinski definition) is 3. The second-order valence-corrected chi connectivity index (χ2v) is 6.50. The van der Waals surface area contributed by atoms with Crippen LogP contribution in [0.25, 0.3) is 0 Å². The van der Waals surface area contributed by atoms with E-state index < -0.39 is 5.97 Å². The van der Waals surface area contributed by atoms with Gasteiger partial charge in [0.1, 0.15) is 0 Å². The van der Waals surface area contributed by atoms with Crippen molar-refractivity contribution in [1.29, 1.82) is 0 Å². The van der Waals surface area contributed by atoms with E-state index in [1.807, 2.05) is 6.92 Å². The van der Waals surface area contributed by atoms with Crippen LogP contribution in [0.1, 0.15) is 59.8 Å². The summed E-state index contributed by atoms with van der Waals surface area (Å²) < 4.78 is 5.27. The van der Waals surface area contributed by atoms with Gasteiger partial charge in [0.15, 0.2) is 0 Å². The van der Waals surface area contributed by atoms with Crippen molar-refractivity contribution in [3.05, 3.63) is 0 Å². The molecule has 2 N–H and O–H groups in total. The molecule has 0 aliphatic carbocycles. The van der Waals surface area contributed by atoms with Gasteiger partial charge in [0.05, 0.1) is 6.61 Å². The minimum Gasteiger partial charge on any atom is -0.481 e. The third-order valence-corrected chi connectivity index (χ3v) is 3.57. The average Bonchev–Trinajstić information content (AvgIpc) is 2.37. The summed E-state index contributed by atoms with van der Waals surface area (Å²) in [6.07, 6.45) is 2.97. The van der Waals surface area contributed by atoms with Gasteiger partial charge in [0.25, 0.3) is 0 Å². The van der Waals surface area contributed by atoms with Crippen LogP contribution in [0.15, 0.2) is 0 Å². The van der Waals surface area contributed by atoms with Gasteiger partial charge in [-0.15, -0.1) is 0 Å². The van der Waals surface area contributed by atoms with Crippen molar-refractivity contribution in [2.24, 2.45) is 11.3 Å². The Kier molecular flexibility index (Phi) is 10.0. The smallest absolute Gasteiger partial charge is 0.303 e. The number of carbonyl (C=O) groups is 2. The third-order valence-electron chi connectivity index (χ3n) is 3.57. The van der Waals surface area contributed by atoms with Crippen molar-refractivity contribution in [3.63, 3.8) is 0 Å². The van der Waals surface area contributed by atoms with Crippen molar-refractivity contribution in [2.75, 3.05) is 19.8 Å². The fraction of sp³-hybridized carbons (Fsp3) is 0.875. The molecule has 0 aliphatic heterocycles. The molecule has 0 rings (SSSR count). The average molecular weight is 301 g/mol. The number of carbonyl (C=O) groups excluding carboxylic acids is 1. The van der Waals surface area contributed by atoms with Gasteiger partial charge < -0.3 is 15.2 Å². The quantitative estimate of drug-likeness (QED) is 0.575. The fourth-order valence-corrected chi connectivity index (χ4v) is 2.19. The van der Waals surface area contributed by atoms with Gasteiger partial charge in [-0.25, -0.2) is 0 Å². The Morgan fingerprint density at radius 2 is 1.81 bits per heavy atom. The molecule has 0 radical (unpaired) electrons. The molecule has 5 nitrogen and oxygen atoms in total. The Balaban J connectivity index is 3.96. The SMILES string of the molecule is CCCOCCC(=O)NCCC(CCC(=O)O)C(C)(C)C. The van der Waals surface area contributed by atoms with Gasteiger partial charge in [-0.05, 0) is 30.6 Å². The summed E-state index contributed by atoms with van der Waals surface area (Å²) in [5.41, 5.74) is 0.0460. The number of nitrogens with one attached hydrogen (secondary N) is 1. The molecular formula is C16H31NO4. The zero-order valence-electron chi connectivity index (χ0n) is 13.9. The first-order chi connectivity index (χ1) is 9.77. The van der Waals surface area contributed by atoms with E-state index in [0.29, 0.717) is 32.6 Å². The summed E-state index contributed by atoms with van der Waals surface area (Å²) >= 11 is 0. The molecule has 5 heteroatoms. The molecule has 1 unspecified atom stereocenters. The molecule has 21 heavy (non-hydrogen) atoms. The first-order valence-corrected chi connectivity index (χ1v) is 7.83. The Labute approximate surface area is 128 Å². The topological polar surface area (TPSA) is 75.6 Å². The molecule has 1 amide bonds. The van der Waals surface area contributed by atoms with Crippen LogP contribution in [0.5, 0.6) is 0 Å². The second kappa shape index (κ2) is 10.6. The summed E-state index contributed by atoms with van der Waals surface area (Å²) in [7, 11) is 0. The Bertz CT molecular complexity index is 310. The van der Waals surface area contributed by atoms with Crippen molar-refractivity contribution in [1.82, 2.24) is 5.32 Å². The number of carboxylic acid groups (broad SMARTS) is 1. The predicted octanol–water partition coefficient (Wildman–Crippen LogP) is 2.84. The second-order valence-electron chi connectivity index (χ2n) is 6.50. The molecule has 0 aromatic rings. The number of aliphatic carboxylic acids is 1. The van der Waals surface area contributed by atoms with Crippen LogP contribution in [0, 0.1) is 11.3 Å². The van der Waals surface area contributed by atoms with Gasteiger partial charge in [-0.2, -0.15) is 0 Å². The maximum absolute atomic E-state index is 11.6. The van der Waals surface area contributed by atoms with E-state index in [2.05, 4.69) is 26.1 Å². The Hall–Kier alpha value is -1.10. The van der Waals surface area contributed by atoms with Crippen LogP contribution in [-0.4, -0.2) is 36.7 Å². The van der Waals surface area contributed by atoms with E-state index >= 15 is 0 Å². The van der Waals surface area contributed by atoms with E-state index in [1.54, 1.807) is 0 Å². The number of amides is 1. The molecule has 0 bridgehead atoms. The molecule has 0 aromatic carbocycles. The zero-order chi connectivity index (χ0) is 16.3. The van der Waals surface area contributed by atoms with E-state index in [9.17, 15) is 9.59 Å². The lowest BCUT2D eigenvalue weighted by atomic mass is 9.76. The minimum atomic E-state index is -0.763. The minimum absolute atomic E-state index is 0.00278. The number of carboxylic acids is 1. The third kappa shape index (κ3) is 11.3. The lowest BCUT2D eigenvalue weighted by Gasteiger charge is -2.30. The van der Waals surface area contributed by atoms with Crippen molar-refractivity contribution < 1.29 is 19.4 Å². The molecule has 0 fully saturated rings. The van der Waals surface area contributed by atoms with Crippen LogP contribution in [0.4, 0.5) is 0 Å². The van der Waals surface area contributed by atoms with Gasteiger partial charge in [-0.3, -0.25) is 9.59 Å². The first kappa shape index (κ1) is 19.9. The van der Waals surface area contributed by atoms with Crippen molar-refractivity contribution >= 4 is 11.9 Å². The molecule has 0 heterocycles. The number of ether oxygens (including phenoxy) is 1. The molecule has 0 aromatic heterocycles. The first-order valence-electron chi connectivity index (χ1n) is 7.83. The molecule has 0 aliphatic rings. The highest BCUT2D eigenvalue weighted by Crippen LogP contribution is 2.32. The van der Waals surface area contributed by atoms with E-state index in [-0.39, 0.29) is 23.7 Å². The maximum atomic E-state index is 11.6. The normalized spacial score (nSPS) is 13.0. The van der Waals surface area contributed by atoms with Crippen LogP contribution in [0.2, 0.25) is 0 Å². The van der Waals surface area contributed by atoms with Gasteiger partial charge in [0, 0.05) is 26.0 Å². The summed E-state index contributed by atoms with van der Waals surface area (Å²) in [6, 6.07) is 0. The van der Waals surface area contributed by atoms with Gasteiger partial charge >= 0.3 is 5.97 Å². The van der Waals surface area contributed by atoms with Crippen LogP contribution in [-0.2, 0) is 14.3 Å². The predicted molar refractivity (Wildman–Crippen MR) is 83.2 cm³/mol. The zero-order valence-corrected chi connectivity index (χ0v) is 13.9. The highest BCUT2D eigenvalue weighted by Gasteiger charge is 2.24. The van der Waals surface area contributed by atoms with E-state index in [0.717, 1.165) is 12.8 Å². The molecular weight excluding hydrogens is 270 g/mol. The standard InChI is InChI=1S/C16H31NO4/c1-5-11-21-12-9-14(18)17-10-8-13(16(2,3)4)6-7-15(19)20/h13H,5-12H2,1-4H3,(H,17,18)(H,19,20).